The summed E-state index contributed by atoms with van der Waals surface area (Å²) in [6.45, 7) is 2.05. The van der Waals surface area contributed by atoms with E-state index in [1.165, 1.54) is 5.56 Å². The van der Waals surface area contributed by atoms with E-state index in [1.54, 1.807) is 11.8 Å². The Labute approximate surface area is 147 Å². The van der Waals surface area contributed by atoms with E-state index in [0.717, 1.165) is 24.9 Å². The van der Waals surface area contributed by atoms with Crippen molar-refractivity contribution in [3.63, 3.8) is 0 Å². The van der Waals surface area contributed by atoms with Crippen LogP contribution >= 0.6 is 46.0 Å². The largest absolute Gasteiger partial charge is 0.326 e. The van der Waals surface area contributed by atoms with Crippen LogP contribution in [0, 0.1) is 10.5 Å². The van der Waals surface area contributed by atoms with Crippen molar-refractivity contribution in [3.8, 4) is 0 Å². The van der Waals surface area contributed by atoms with Crippen LogP contribution in [0.1, 0.15) is 12.0 Å². The van der Waals surface area contributed by atoms with E-state index in [1.807, 2.05) is 42.5 Å². The number of thioether (sulfide) groups is 1. The number of carbonyl (C=O) groups excluding carboxylic acids is 1. The van der Waals surface area contributed by atoms with E-state index >= 15 is 0 Å². The van der Waals surface area contributed by atoms with Gasteiger partial charge in [-0.1, -0.05) is 17.7 Å². The first kappa shape index (κ1) is 16.6. The highest BCUT2D eigenvalue weighted by atomic mass is 127. The highest BCUT2D eigenvalue weighted by molar-refractivity contribution is 14.1. The molecule has 0 radical (unpaired) electrons. The number of rotatable bonds is 5. The fourth-order valence-corrected chi connectivity index (χ4v) is 3.18. The minimum Gasteiger partial charge on any atom is -0.326 e. The van der Waals surface area contributed by atoms with Crippen LogP contribution in [-0.4, -0.2) is 11.7 Å². The molecule has 2 aromatic rings. The van der Waals surface area contributed by atoms with Crippen molar-refractivity contribution in [2.24, 2.45) is 0 Å². The topological polar surface area (TPSA) is 29.1 Å². The summed E-state index contributed by atoms with van der Waals surface area (Å²) in [5, 5.41) is 3.66. The number of amides is 1. The normalized spacial score (nSPS) is 10.4. The van der Waals surface area contributed by atoms with Crippen LogP contribution < -0.4 is 5.32 Å². The van der Waals surface area contributed by atoms with Crippen LogP contribution in [-0.2, 0) is 4.79 Å². The summed E-state index contributed by atoms with van der Waals surface area (Å²) in [4.78, 5) is 13.0. The smallest absolute Gasteiger partial charge is 0.225 e. The van der Waals surface area contributed by atoms with Crippen molar-refractivity contribution < 1.29 is 4.79 Å². The molecule has 0 heterocycles. The van der Waals surface area contributed by atoms with Crippen LogP contribution in [0.5, 0.6) is 0 Å². The predicted molar refractivity (Wildman–Crippen MR) is 99.3 cm³/mol. The number of hydrogen-bond donors (Lipinski definition) is 1. The maximum absolute atomic E-state index is 11.9. The summed E-state index contributed by atoms with van der Waals surface area (Å²) in [7, 11) is 0. The van der Waals surface area contributed by atoms with Crippen LogP contribution in [0.25, 0.3) is 0 Å². The van der Waals surface area contributed by atoms with E-state index in [4.69, 9.17) is 11.6 Å². The molecule has 110 valence electrons. The molecule has 0 aliphatic carbocycles. The Balaban J connectivity index is 1.79. The highest BCUT2D eigenvalue weighted by Gasteiger charge is 2.04. The van der Waals surface area contributed by atoms with Crippen molar-refractivity contribution in [3.05, 3.63) is 56.6 Å². The molecule has 2 rings (SSSR count). The van der Waals surface area contributed by atoms with Gasteiger partial charge in [0.25, 0.3) is 0 Å². The number of carbonyl (C=O) groups is 1. The van der Waals surface area contributed by atoms with E-state index in [-0.39, 0.29) is 5.91 Å². The van der Waals surface area contributed by atoms with Gasteiger partial charge in [-0.05, 0) is 71.5 Å². The lowest BCUT2D eigenvalue weighted by atomic mass is 10.2. The average molecular weight is 432 g/mol. The first-order valence-corrected chi connectivity index (χ1v) is 8.93. The van der Waals surface area contributed by atoms with Gasteiger partial charge in [-0.3, -0.25) is 4.79 Å². The Kier molecular flexibility index (Phi) is 6.39. The second kappa shape index (κ2) is 8.06. The molecule has 0 fully saturated rings. The maximum Gasteiger partial charge on any atom is 0.225 e. The molecule has 2 nitrogen and oxygen atoms in total. The Morgan fingerprint density at radius 2 is 1.95 bits per heavy atom. The summed E-state index contributed by atoms with van der Waals surface area (Å²) in [6.07, 6.45) is 0.484. The van der Waals surface area contributed by atoms with Crippen molar-refractivity contribution in [2.75, 3.05) is 11.1 Å². The molecule has 1 N–H and O–H groups in total. The summed E-state index contributed by atoms with van der Waals surface area (Å²) in [6, 6.07) is 13.6. The summed E-state index contributed by atoms with van der Waals surface area (Å²) < 4.78 is 1.15. The van der Waals surface area contributed by atoms with Gasteiger partial charge < -0.3 is 5.32 Å². The monoisotopic (exact) mass is 431 g/mol. The second-order valence-corrected chi connectivity index (χ2v) is 7.33. The Bertz CT molecular complexity index is 631. The quantitative estimate of drug-likeness (QED) is 0.509. The lowest BCUT2D eigenvalue weighted by molar-refractivity contribution is -0.115. The third-order valence-electron chi connectivity index (χ3n) is 2.87. The van der Waals surface area contributed by atoms with Gasteiger partial charge >= 0.3 is 0 Å². The predicted octanol–water partition coefficient (Wildman–Crippen LogP) is 5.37. The third kappa shape index (κ3) is 5.52. The van der Waals surface area contributed by atoms with E-state index in [2.05, 4.69) is 34.8 Å². The number of anilines is 1. The molecule has 0 aromatic heterocycles. The van der Waals surface area contributed by atoms with Gasteiger partial charge in [-0.15, -0.1) is 11.8 Å². The zero-order valence-electron chi connectivity index (χ0n) is 11.5. The van der Waals surface area contributed by atoms with Crippen LogP contribution in [0.2, 0.25) is 5.02 Å². The van der Waals surface area contributed by atoms with Gasteiger partial charge in [0.2, 0.25) is 5.91 Å². The Morgan fingerprint density at radius 3 is 2.62 bits per heavy atom. The summed E-state index contributed by atoms with van der Waals surface area (Å²) in [5.41, 5.74) is 2.07. The van der Waals surface area contributed by atoms with Gasteiger partial charge in [-0.25, -0.2) is 0 Å². The molecule has 21 heavy (non-hydrogen) atoms. The molecular weight excluding hydrogens is 417 g/mol. The molecule has 0 unspecified atom stereocenters. The Hall–Kier alpha value is -0.720. The first-order chi connectivity index (χ1) is 10.0. The Morgan fingerprint density at radius 1 is 1.24 bits per heavy atom. The molecule has 0 saturated carbocycles. The van der Waals surface area contributed by atoms with Crippen molar-refractivity contribution >= 4 is 57.5 Å². The summed E-state index contributed by atoms with van der Waals surface area (Å²) in [5.74, 6) is 0.785. The standard InChI is InChI=1S/C16H15ClINOS/c1-11-2-5-13(10-15(11)18)19-16(20)8-9-21-14-6-3-12(17)4-7-14/h2-7,10H,8-9H2,1H3,(H,19,20). The molecule has 2 aromatic carbocycles. The van der Waals surface area contributed by atoms with Crippen LogP contribution in [0.15, 0.2) is 47.4 Å². The molecule has 0 aliphatic rings. The lowest BCUT2D eigenvalue weighted by Gasteiger charge is -2.07. The van der Waals surface area contributed by atoms with Gasteiger partial charge in [0.1, 0.15) is 0 Å². The van der Waals surface area contributed by atoms with Gasteiger partial charge in [-0.2, -0.15) is 0 Å². The minimum atomic E-state index is 0.0381. The molecule has 5 heteroatoms. The first-order valence-electron chi connectivity index (χ1n) is 6.49. The lowest BCUT2D eigenvalue weighted by Crippen LogP contribution is -2.12. The minimum absolute atomic E-state index is 0.0381. The SMILES string of the molecule is Cc1ccc(NC(=O)CCSc2ccc(Cl)cc2)cc1I. The molecule has 0 aliphatic heterocycles. The fraction of sp³-hybridized carbons (Fsp3) is 0.188. The highest BCUT2D eigenvalue weighted by Crippen LogP contribution is 2.21. The van der Waals surface area contributed by atoms with E-state index in [9.17, 15) is 4.79 Å². The fourth-order valence-electron chi connectivity index (χ4n) is 1.69. The van der Waals surface area contributed by atoms with Crippen molar-refractivity contribution in [2.45, 2.75) is 18.2 Å². The van der Waals surface area contributed by atoms with Crippen molar-refractivity contribution in [1.82, 2.24) is 0 Å². The molecule has 0 bridgehead atoms. The average Bonchev–Trinajstić information content (AvgIpc) is 2.45. The van der Waals surface area contributed by atoms with Gasteiger partial charge in [0, 0.05) is 31.3 Å². The molecular formula is C16H15ClINOS. The summed E-state index contributed by atoms with van der Waals surface area (Å²) >= 11 is 9.76. The third-order valence-corrected chi connectivity index (χ3v) is 5.29. The number of nitrogens with one attached hydrogen (secondary N) is 1. The second-order valence-electron chi connectivity index (χ2n) is 4.56. The van der Waals surface area contributed by atoms with Crippen LogP contribution in [0.3, 0.4) is 0 Å². The van der Waals surface area contributed by atoms with Crippen molar-refractivity contribution in [1.29, 1.82) is 0 Å². The zero-order valence-corrected chi connectivity index (χ0v) is 15.3. The van der Waals surface area contributed by atoms with E-state index in [0.29, 0.717) is 6.42 Å². The number of hydrogen-bond acceptors (Lipinski definition) is 2. The number of aryl methyl sites for hydroxylation is 1. The number of benzene rings is 2. The van der Waals surface area contributed by atoms with Gasteiger partial charge in [0.05, 0.1) is 0 Å². The van der Waals surface area contributed by atoms with E-state index < -0.39 is 0 Å². The maximum atomic E-state index is 11.9. The van der Waals surface area contributed by atoms with Gasteiger partial charge in [0.15, 0.2) is 0 Å². The number of halogens is 2. The molecule has 0 atom stereocenters. The molecule has 0 saturated heterocycles. The zero-order chi connectivity index (χ0) is 15.2. The van der Waals surface area contributed by atoms with Crippen LogP contribution in [0.4, 0.5) is 5.69 Å². The molecule has 0 spiro atoms. The molecule has 1 amide bonds.